The normalized spacial score (nSPS) is 9.28. The monoisotopic (exact) mass is 256 g/mol. The number of rotatable bonds is 3. The summed E-state index contributed by atoms with van der Waals surface area (Å²) in [6.45, 7) is 0. The molecule has 88 valence electrons. The van der Waals surface area contributed by atoms with Gasteiger partial charge < -0.3 is 5.32 Å². The summed E-state index contributed by atoms with van der Waals surface area (Å²) in [6.07, 6.45) is 0. The van der Waals surface area contributed by atoms with Gasteiger partial charge in [0.15, 0.2) is 5.13 Å². The van der Waals surface area contributed by atoms with Gasteiger partial charge in [0.1, 0.15) is 12.1 Å². The maximum Gasteiger partial charge on any atom is 0.237 e. The first-order valence-electron chi connectivity index (χ1n) is 4.99. The molecule has 6 nitrogen and oxygen atoms in total. The number of hydrogen-bond donors (Lipinski definition) is 2. The number of nitrogens with zero attached hydrogens (tertiary/aromatic N) is 4. The molecule has 0 saturated carbocycles. The van der Waals surface area contributed by atoms with Crippen molar-refractivity contribution in [1.29, 1.82) is 10.5 Å². The second-order valence-corrected chi connectivity index (χ2v) is 4.28. The zero-order valence-corrected chi connectivity index (χ0v) is 10.2. The van der Waals surface area contributed by atoms with E-state index in [4.69, 9.17) is 10.5 Å². The van der Waals surface area contributed by atoms with Crippen molar-refractivity contribution in [3.8, 4) is 12.1 Å². The van der Waals surface area contributed by atoms with Gasteiger partial charge in [-0.2, -0.15) is 15.6 Å². The zero-order chi connectivity index (χ0) is 13.0. The fourth-order valence-electron chi connectivity index (χ4n) is 1.30. The number of nitrogens with one attached hydrogen (secondary N) is 2. The number of benzene rings is 1. The molecule has 2 aromatic rings. The van der Waals surface area contributed by atoms with E-state index in [1.54, 1.807) is 18.2 Å². The minimum absolute atomic E-state index is 0.213. The molecular weight excluding hydrogens is 248 g/mol. The number of aromatic nitrogens is 1. The smallest absolute Gasteiger partial charge is 0.237 e. The summed E-state index contributed by atoms with van der Waals surface area (Å²) in [6, 6.07) is 8.86. The molecule has 0 atom stereocenters. The average molecular weight is 256 g/mol. The van der Waals surface area contributed by atoms with Crippen LogP contribution < -0.4 is 10.7 Å². The van der Waals surface area contributed by atoms with E-state index in [0.717, 1.165) is 15.3 Å². The van der Waals surface area contributed by atoms with E-state index in [9.17, 15) is 0 Å². The van der Waals surface area contributed by atoms with Crippen molar-refractivity contribution in [3.63, 3.8) is 0 Å². The molecule has 0 amide bonds. The second-order valence-electron chi connectivity index (χ2n) is 3.25. The van der Waals surface area contributed by atoms with Gasteiger partial charge in [-0.05, 0) is 18.2 Å². The number of fused-ring (bicyclic) bond motifs is 1. The van der Waals surface area contributed by atoms with E-state index < -0.39 is 0 Å². The summed E-state index contributed by atoms with van der Waals surface area (Å²) in [5.74, 6) is 0. The lowest BCUT2D eigenvalue weighted by Gasteiger charge is -1.98. The van der Waals surface area contributed by atoms with Crippen LogP contribution in [-0.4, -0.2) is 17.7 Å². The molecule has 0 aliphatic carbocycles. The Bertz CT molecular complexity index is 672. The van der Waals surface area contributed by atoms with Crippen molar-refractivity contribution >= 4 is 38.1 Å². The first-order chi connectivity index (χ1) is 8.76. The van der Waals surface area contributed by atoms with Crippen LogP contribution in [0.2, 0.25) is 0 Å². The van der Waals surface area contributed by atoms with Crippen LogP contribution in [0.5, 0.6) is 0 Å². The molecule has 0 saturated heterocycles. The first-order valence-corrected chi connectivity index (χ1v) is 5.80. The molecular formula is C11H8N6S. The lowest BCUT2D eigenvalue weighted by atomic mass is 10.3. The Morgan fingerprint density at radius 1 is 1.39 bits per heavy atom. The van der Waals surface area contributed by atoms with Crippen LogP contribution in [-0.2, 0) is 0 Å². The molecule has 0 aliphatic rings. The third-order valence-electron chi connectivity index (χ3n) is 2.11. The van der Waals surface area contributed by atoms with Crippen molar-refractivity contribution in [1.82, 2.24) is 4.98 Å². The van der Waals surface area contributed by atoms with Crippen molar-refractivity contribution in [2.45, 2.75) is 0 Å². The van der Waals surface area contributed by atoms with Gasteiger partial charge in [0.2, 0.25) is 5.71 Å². The predicted octanol–water partition coefficient (Wildman–Crippen LogP) is 2.15. The van der Waals surface area contributed by atoms with Gasteiger partial charge in [-0.3, -0.25) is 5.43 Å². The van der Waals surface area contributed by atoms with Crippen molar-refractivity contribution < 1.29 is 0 Å². The van der Waals surface area contributed by atoms with Gasteiger partial charge >= 0.3 is 0 Å². The number of anilines is 2. The molecule has 0 radical (unpaired) electrons. The standard InChI is InChI=1S/C11H8N6S/c1-14-11-15-9-3-2-7(4-10(9)18-11)16-17-8(5-12)6-13/h2-4,16H,1H3,(H,14,15). The van der Waals surface area contributed by atoms with Crippen molar-refractivity contribution in [2.75, 3.05) is 17.8 Å². The van der Waals surface area contributed by atoms with Crippen LogP contribution in [0.4, 0.5) is 10.8 Å². The first kappa shape index (κ1) is 11.8. The number of nitriles is 2. The van der Waals surface area contributed by atoms with Crippen LogP contribution >= 0.6 is 11.3 Å². The third kappa shape index (κ3) is 2.37. The van der Waals surface area contributed by atoms with Crippen molar-refractivity contribution in [2.24, 2.45) is 5.10 Å². The van der Waals surface area contributed by atoms with Gasteiger partial charge in [0, 0.05) is 7.05 Å². The Morgan fingerprint density at radius 2 is 2.17 bits per heavy atom. The van der Waals surface area contributed by atoms with Crippen LogP contribution in [0, 0.1) is 22.7 Å². The molecule has 1 aromatic heterocycles. The minimum atomic E-state index is -0.213. The summed E-state index contributed by atoms with van der Waals surface area (Å²) in [4.78, 5) is 4.34. The van der Waals surface area contributed by atoms with E-state index in [0.29, 0.717) is 5.69 Å². The van der Waals surface area contributed by atoms with E-state index in [1.807, 2.05) is 19.2 Å². The highest BCUT2D eigenvalue weighted by Crippen LogP contribution is 2.27. The minimum Gasteiger partial charge on any atom is -0.365 e. The molecule has 0 spiro atoms. The SMILES string of the molecule is CNc1nc2ccc(NN=C(C#N)C#N)cc2s1. The Labute approximate surface area is 107 Å². The number of hydrazone groups is 1. The van der Waals surface area contributed by atoms with Gasteiger partial charge in [0.05, 0.1) is 15.9 Å². The molecule has 0 bridgehead atoms. The Balaban J connectivity index is 2.28. The molecule has 0 fully saturated rings. The summed E-state index contributed by atoms with van der Waals surface area (Å²) in [5, 5.41) is 24.6. The van der Waals surface area contributed by atoms with Gasteiger partial charge in [-0.1, -0.05) is 11.3 Å². The maximum absolute atomic E-state index is 8.55. The van der Waals surface area contributed by atoms with Gasteiger partial charge in [-0.25, -0.2) is 4.98 Å². The van der Waals surface area contributed by atoms with Crippen LogP contribution in [0.3, 0.4) is 0 Å². The lowest BCUT2D eigenvalue weighted by molar-refractivity contribution is 1.34. The fourth-order valence-corrected chi connectivity index (χ4v) is 2.16. The second kappa shape index (κ2) is 5.13. The summed E-state index contributed by atoms with van der Waals surface area (Å²) in [7, 11) is 1.81. The van der Waals surface area contributed by atoms with E-state index in [1.165, 1.54) is 11.3 Å². The topological polar surface area (TPSA) is 96.9 Å². The van der Waals surface area contributed by atoms with Gasteiger partial charge in [0.25, 0.3) is 0 Å². The van der Waals surface area contributed by atoms with E-state index in [-0.39, 0.29) is 5.71 Å². The molecule has 18 heavy (non-hydrogen) atoms. The summed E-state index contributed by atoms with van der Waals surface area (Å²) < 4.78 is 0.995. The predicted molar refractivity (Wildman–Crippen MR) is 71.5 cm³/mol. The highest BCUT2D eigenvalue weighted by molar-refractivity contribution is 7.22. The average Bonchev–Trinajstić information content (AvgIpc) is 2.82. The number of hydrogen-bond acceptors (Lipinski definition) is 7. The Hall–Kier alpha value is -2.64. The fraction of sp³-hybridized carbons (Fsp3) is 0.0909. The maximum atomic E-state index is 8.55. The Kier molecular flexibility index (Phi) is 3.37. The van der Waals surface area contributed by atoms with Crippen LogP contribution in [0.15, 0.2) is 23.3 Å². The highest BCUT2D eigenvalue weighted by atomic mass is 32.1. The molecule has 1 heterocycles. The quantitative estimate of drug-likeness (QED) is 0.647. The van der Waals surface area contributed by atoms with Crippen molar-refractivity contribution in [3.05, 3.63) is 18.2 Å². The summed E-state index contributed by atoms with van der Waals surface area (Å²) in [5.41, 5.74) is 4.05. The zero-order valence-electron chi connectivity index (χ0n) is 9.43. The molecule has 1 aromatic carbocycles. The molecule has 0 unspecified atom stereocenters. The van der Waals surface area contributed by atoms with E-state index in [2.05, 4.69) is 20.8 Å². The van der Waals surface area contributed by atoms with Crippen LogP contribution in [0.1, 0.15) is 0 Å². The van der Waals surface area contributed by atoms with Crippen LogP contribution in [0.25, 0.3) is 10.2 Å². The lowest BCUT2D eigenvalue weighted by Crippen LogP contribution is -1.95. The molecule has 7 heteroatoms. The van der Waals surface area contributed by atoms with E-state index >= 15 is 0 Å². The third-order valence-corrected chi connectivity index (χ3v) is 3.15. The molecule has 2 rings (SSSR count). The molecule has 2 N–H and O–H groups in total. The van der Waals surface area contributed by atoms with Gasteiger partial charge in [-0.15, -0.1) is 0 Å². The molecule has 0 aliphatic heterocycles. The Morgan fingerprint density at radius 3 is 2.83 bits per heavy atom. The highest BCUT2D eigenvalue weighted by Gasteiger charge is 2.03. The largest absolute Gasteiger partial charge is 0.365 e. The number of thiazole rings is 1. The summed E-state index contributed by atoms with van der Waals surface area (Å²) >= 11 is 1.52.